The summed E-state index contributed by atoms with van der Waals surface area (Å²) in [5, 5.41) is 14.4. The Labute approximate surface area is 152 Å². The van der Waals surface area contributed by atoms with Gasteiger partial charge < -0.3 is 40.9 Å². The standard InChI is InChI=1S/C8H19N4.C2H3O.2CH3.2ClH.Ti/c1-2-10-5-6-12-8-7-11-4-3-9-1;1-2-3;;;;;/h9-11H,1-8H2;1H3;2*1H3;2*1H;/q4*-1;;;+4. The van der Waals surface area contributed by atoms with Crippen LogP contribution in [0.1, 0.15) is 6.92 Å². The molecule has 0 atom stereocenters. The van der Waals surface area contributed by atoms with Crippen LogP contribution in [0.5, 0.6) is 0 Å². The van der Waals surface area contributed by atoms with Crippen LogP contribution in [0.4, 0.5) is 0 Å². The first-order valence-electron chi connectivity index (χ1n) is 5.46. The quantitative estimate of drug-likeness (QED) is 0.443. The zero-order valence-corrected chi connectivity index (χ0v) is 16.0. The summed E-state index contributed by atoms with van der Waals surface area (Å²) < 4.78 is 0. The van der Waals surface area contributed by atoms with Gasteiger partial charge in [0.05, 0.1) is 0 Å². The van der Waals surface area contributed by atoms with E-state index in [2.05, 4.69) is 21.3 Å². The molecule has 5 nitrogen and oxygen atoms in total. The molecule has 0 spiro atoms. The first-order valence-corrected chi connectivity index (χ1v) is 5.46. The maximum atomic E-state index is 8.68. The molecule has 0 aromatic rings. The first kappa shape index (κ1) is 37.2. The van der Waals surface area contributed by atoms with Gasteiger partial charge in [-0.25, -0.2) is 0 Å². The molecule has 0 aromatic carbocycles. The number of rotatable bonds is 0. The minimum absolute atomic E-state index is 0. The number of hydrogen-bond donors (Lipinski definition) is 3. The Kier molecular flexibility index (Phi) is 68.4. The minimum Gasteiger partial charge on any atom is -0.660 e. The third-order valence-electron chi connectivity index (χ3n) is 1.85. The second-order valence-corrected chi connectivity index (χ2v) is 3.12. The Hall–Kier alpha value is 0.804. The van der Waals surface area contributed by atoms with Crippen molar-refractivity contribution >= 4 is 31.1 Å². The summed E-state index contributed by atoms with van der Waals surface area (Å²) in [6.07, 6.45) is 1.50. The Morgan fingerprint density at radius 1 is 0.800 bits per heavy atom. The van der Waals surface area contributed by atoms with Crippen molar-refractivity contribution in [3.8, 4) is 0 Å². The Morgan fingerprint density at radius 3 is 1.35 bits per heavy atom. The predicted octanol–water partition coefficient (Wildman–Crippen LogP) is 1.00. The normalized spacial score (nSPS) is 15.1. The maximum Gasteiger partial charge on any atom is 4.00 e. The summed E-state index contributed by atoms with van der Waals surface area (Å²) in [5.74, 6) is 0. The summed E-state index contributed by atoms with van der Waals surface area (Å²) >= 11 is 0. The van der Waals surface area contributed by atoms with Crippen LogP contribution in [0.2, 0.25) is 0 Å². The summed E-state index contributed by atoms with van der Waals surface area (Å²) in [7, 11) is 0. The van der Waals surface area contributed by atoms with Crippen molar-refractivity contribution in [3.63, 3.8) is 0 Å². The molecule has 1 aliphatic heterocycles. The molecule has 0 aromatic heterocycles. The van der Waals surface area contributed by atoms with Gasteiger partial charge in [0.25, 0.3) is 0 Å². The van der Waals surface area contributed by atoms with Crippen LogP contribution < -0.4 is 16.0 Å². The van der Waals surface area contributed by atoms with Crippen LogP contribution >= 0.6 is 24.8 Å². The molecule has 1 heterocycles. The van der Waals surface area contributed by atoms with E-state index < -0.39 is 0 Å². The van der Waals surface area contributed by atoms with Crippen molar-refractivity contribution in [2.75, 3.05) is 52.4 Å². The maximum absolute atomic E-state index is 8.68. The van der Waals surface area contributed by atoms with E-state index in [1.165, 1.54) is 13.2 Å². The van der Waals surface area contributed by atoms with E-state index in [9.17, 15) is 0 Å². The van der Waals surface area contributed by atoms with Crippen LogP contribution in [0.15, 0.2) is 0 Å². The first-order chi connectivity index (χ1) is 7.41. The van der Waals surface area contributed by atoms with E-state index in [1.54, 1.807) is 0 Å². The van der Waals surface area contributed by atoms with E-state index in [1.807, 2.05) is 0 Å². The van der Waals surface area contributed by atoms with Crippen LogP contribution in [0.3, 0.4) is 0 Å². The van der Waals surface area contributed by atoms with Crippen LogP contribution in [-0.2, 0) is 26.5 Å². The smallest absolute Gasteiger partial charge is 0.660 e. The number of nitrogens with one attached hydrogen (secondary N) is 3. The molecule has 0 amide bonds. The van der Waals surface area contributed by atoms with Gasteiger partial charge in [0, 0.05) is 26.2 Å². The van der Waals surface area contributed by atoms with Crippen molar-refractivity contribution in [2.24, 2.45) is 0 Å². The van der Waals surface area contributed by atoms with Gasteiger partial charge >= 0.3 is 21.7 Å². The van der Waals surface area contributed by atoms with Crippen molar-refractivity contribution in [2.45, 2.75) is 6.92 Å². The SMILES string of the molecule is C1CNCCNCCNCC[N-]1.C[C-]=O.Cl.Cl.[CH3-].[CH3-].[Ti+4]. The number of hydrogen-bond acceptors (Lipinski definition) is 4. The van der Waals surface area contributed by atoms with E-state index in [0.717, 1.165) is 52.4 Å². The summed E-state index contributed by atoms with van der Waals surface area (Å²) in [6, 6.07) is 0. The second kappa shape index (κ2) is 36.7. The molecule has 1 fully saturated rings. The van der Waals surface area contributed by atoms with E-state index in [0.29, 0.717) is 0 Å². The topological polar surface area (TPSA) is 67.3 Å². The van der Waals surface area contributed by atoms with E-state index >= 15 is 0 Å². The zero-order chi connectivity index (χ0) is 11.2. The molecule has 20 heavy (non-hydrogen) atoms. The van der Waals surface area contributed by atoms with E-state index in [-0.39, 0.29) is 61.4 Å². The van der Waals surface area contributed by atoms with Crippen molar-refractivity contribution in [1.29, 1.82) is 0 Å². The Morgan fingerprint density at radius 2 is 1.05 bits per heavy atom. The Balaban J connectivity index is -0.0000000566. The van der Waals surface area contributed by atoms with Crippen molar-refractivity contribution in [3.05, 3.63) is 20.2 Å². The molecular formula is C12H30Cl2N4OTi. The van der Waals surface area contributed by atoms with Crippen LogP contribution in [0, 0.1) is 14.9 Å². The zero-order valence-electron chi connectivity index (χ0n) is 12.8. The van der Waals surface area contributed by atoms with Gasteiger partial charge in [-0.3, -0.25) is 6.29 Å². The van der Waals surface area contributed by atoms with Gasteiger partial charge in [-0.2, -0.15) is 6.92 Å². The molecule has 1 rings (SSSR count). The number of carbonyl (C=O) groups excluding carboxylic acids is 1. The average Bonchev–Trinajstić information content (AvgIpc) is 2.19. The van der Waals surface area contributed by atoms with Gasteiger partial charge in [-0.05, 0) is 13.1 Å². The van der Waals surface area contributed by atoms with Gasteiger partial charge in [0.1, 0.15) is 0 Å². The molecule has 0 saturated carbocycles. The average molecular weight is 365 g/mol. The molecule has 1 aliphatic rings. The fraction of sp³-hybridized carbons (Fsp3) is 0.750. The molecule has 0 bridgehead atoms. The monoisotopic (exact) mass is 364 g/mol. The third kappa shape index (κ3) is 36.4. The molecule has 0 radical (unpaired) electrons. The molecule has 0 aliphatic carbocycles. The molecule has 0 unspecified atom stereocenters. The van der Waals surface area contributed by atoms with Crippen molar-refractivity contribution < 1.29 is 26.5 Å². The molecule has 8 heteroatoms. The summed E-state index contributed by atoms with van der Waals surface area (Å²) in [5.41, 5.74) is 0. The van der Waals surface area contributed by atoms with Crippen LogP contribution in [-0.4, -0.2) is 58.6 Å². The van der Waals surface area contributed by atoms with Gasteiger partial charge in [-0.1, -0.05) is 0 Å². The number of halogens is 2. The largest absolute Gasteiger partial charge is 4.00 e. The summed E-state index contributed by atoms with van der Waals surface area (Å²) in [6.45, 7) is 9.46. The second-order valence-electron chi connectivity index (χ2n) is 3.12. The van der Waals surface area contributed by atoms with E-state index in [4.69, 9.17) is 4.79 Å². The van der Waals surface area contributed by atoms with Gasteiger partial charge in [-0.15, -0.1) is 37.9 Å². The number of nitrogens with zero attached hydrogens (tertiary/aromatic N) is 1. The predicted molar refractivity (Wildman–Crippen MR) is 90.4 cm³/mol. The summed E-state index contributed by atoms with van der Waals surface area (Å²) in [4.78, 5) is 8.68. The minimum atomic E-state index is 0. The molecule has 1 saturated heterocycles. The fourth-order valence-electron chi connectivity index (χ4n) is 1.16. The molecule has 122 valence electrons. The van der Waals surface area contributed by atoms with Crippen LogP contribution in [0.25, 0.3) is 5.32 Å². The third-order valence-corrected chi connectivity index (χ3v) is 1.85. The fourth-order valence-corrected chi connectivity index (χ4v) is 1.16. The van der Waals surface area contributed by atoms with Gasteiger partial charge in [0.2, 0.25) is 0 Å². The molecule has 3 N–H and O–H groups in total. The molecular weight excluding hydrogens is 335 g/mol. The van der Waals surface area contributed by atoms with Crippen molar-refractivity contribution in [1.82, 2.24) is 16.0 Å². The van der Waals surface area contributed by atoms with Gasteiger partial charge in [0.15, 0.2) is 0 Å². The Bertz CT molecular complexity index is 106.